The Morgan fingerprint density at radius 1 is 1.29 bits per heavy atom. The van der Waals surface area contributed by atoms with E-state index in [1.165, 1.54) is 6.33 Å². The van der Waals surface area contributed by atoms with Crippen molar-refractivity contribution in [2.24, 2.45) is 0 Å². The van der Waals surface area contributed by atoms with Crippen molar-refractivity contribution in [1.82, 2.24) is 29.6 Å². The quantitative estimate of drug-likeness (QED) is 0.835. The zero-order chi connectivity index (χ0) is 17.3. The molecule has 0 spiro atoms. The molecule has 0 radical (unpaired) electrons. The number of ether oxygens (including phenoxy) is 1. The number of carbonyl (C=O) groups is 1. The Labute approximate surface area is 140 Å². The number of hydrogen-bond acceptors (Lipinski definition) is 6. The molecule has 1 unspecified atom stereocenters. The average molecular weight is 330 g/mol. The number of aryl methyl sites for hydroxylation is 2. The zero-order valence-corrected chi connectivity index (χ0v) is 14.4. The van der Waals surface area contributed by atoms with Gasteiger partial charge in [0.25, 0.3) is 0 Å². The summed E-state index contributed by atoms with van der Waals surface area (Å²) in [5.41, 5.74) is 0.988. The standard InChI is InChI=1S/C16H22N6O2/c1-11-7-12(2)20-14(19-11)13-8-21(5-6-24-13)15(23)16(3,4)22-10-17-9-18-22/h7,9-10,13H,5-6,8H2,1-4H3. The van der Waals surface area contributed by atoms with E-state index in [-0.39, 0.29) is 12.0 Å². The first-order valence-corrected chi connectivity index (χ1v) is 7.96. The number of amides is 1. The molecular weight excluding hydrogens is 308 g/mol. The zero-order valence-electron chi connectivity index (χ0n) is 14.4. The summed E-state index contributed by atoms with van der Waals surface area (Å²) in [4.78, 5) is 27.6. The highest BCUT2D eigenvalue weighted by Gasteiger charge is 2.37. The molecule has 2 aromatic rings. The molecule has 3 heterocycles. The molecule has 3 rings (SSSR count). The second-order valence-corrected chi connectivity index (χ2v) is 6.52. The highest BCUT2D eigenvalue weighted by atomic mass is 16.5. The fourth-order valence-corrected chi connectivity index (χ4v) is 2.87. The number of morpholine rings is 1. The van der Waals surface area contributed by atoms with Crippen molar-refractivity contribution in [3.63, 3.8) is 0 Å². The minimum absolute atomic E-state index is 0.0225. The molecule has 0 aliphatic carbocycles. The molecule has 1 amide bonds. The lowest BCUT2D eigenvalue weighted by Crippen LogP contribution is -2.51. The molecule has 0 bridgehead atoms. The van der Waals surface area contributed by atoms with E-state index in [2.05, 4.69) is 20.1 Å². The summed E-state index contributed by atoms with van der Waals surface area (Å²) in [6, 6.07) is 1.92. The number of hydrogen-bond donors (Lipinski definition) is 0. The lowest BCUT2D eigenvalue weighted by atomic mass is 10.0. The summed E-state index contributed by atoms with van der Waals surface area (Å²) in [5, 5.41) is 4.11. The number of nitrogens with zero attached hydrogens (tertiary/aromatic N) is 6. The molecule has 1 aliphatic heterocycles. The van der Waals surface area contributed by atoms with Gasteiger partial charge in [-0.15, -0.1) is 0 Å². The van der Waals surface area contributed by atoms with Gasteiger partial charge >= 0.3 is 0 Å². The lowest BCUT2D eigenvalue weighted by molar-refractivity contribution is -0.147. The summed E-state index contributed by atoms with van der Waals surface area (Å²) in [6.45, 7) is 8.96. The average Bonchev–Trinajstić information content (AvgIpc) is 3.08. The van der Waals surface area contributed by atoms with Crippen molar-refractivity contribution in [3.05, 3.63) is 35.9 Å². The van der Waals surface area contributed by atoms with Crippen LogP contribution in [-0.2, 0) is 15.1 Å². The number of rotatable bonds is 3. The first-order chi connectivity index (χ1) is 11.4. The van der Waals surface area contributed by atoms with Crippen LogP contribution in [0.4, 0.5) is 0 Å². The maximum absolute atomic E-state index is 13.0. The summed E-state index contributed by atoms with van der Waals surface area (Å²) < 4.78 is 7.38. The van der Waals surface area contributed by atoms with E-state index in [9.17, 15) is 4.79 Å². The van der Waals surface area contributed by atoms with Gasteiger partial charge in [0.05, 0.1) is 13.2 Å². The molecule has 8 nitrogen and oxygen atoms in total. The smallest absolute Gasteiger partial charge is 0.250 e. The van der Waals surface area contributed by atoms with Crippen LogP contribution in [0.3, 0.4) is 0 Å². The maximum atomic E-state index is 13.0. The van der Waals surface area contributed by atoms with Gasteiger partial charge in [-0.05, 0) is 33.8 Å². The molecule has 0 N–H and O–H groups in total. The van der Waals surface area contributed by atoms with E-state index < -0.39 is 5.54 Å². The Hall–Kier alpha value is -2.35. The van der Waals surface area contributed by atoms with E-state index >= 15 is 0 Å². The van der Waals surface area contributed by atoms with Crippen LogP contribution in [0, 0.1) is 13.8 Å². The Morgan fingerprint density at radius 3 is 2.62 bits per heavy atom. The van der Waals surface area contributed by atoms with Crippen LogP contribution in [-0.4, -0.2) is 55.2 Å². The van der Waals surface area contributed by atoms with Crippen molar-refractivity contribution in [2.75, 3.05) is 19.7 Å². The largest absolute Gasteiger partial charge is 0.367 e. The van der Waals surface area contributed by atoms with Gasteiger partial charge in [-0.25, -0.2) is 19.6 Å². The van der Waals surface area contributed by atoms with E-state index in [0.29, 0.717) is 25.5 Å². The van der Waals surface area contributed by atoms with Crippen molar-refractivity contribution in [1.29, 1.82) is 0 Å². The van der Waals surface area contributed by atoms with Crippen LogP contribution in [0.2, 0.25) is 0 Å². The van der Waals surface area contributed by atoms with Crippen LogP contribution < -0.4 is 0 Å². The normalized spacial score (nSPS) is 18.7. The highest BCUT2D eigenvalue weighted by molar-refractivity contribution is 5.83. The predicted octanol–water partition coefficient (Wildman–Crippen LogP) is 1.02. The first kappa shape index (κ1) is 16.5. The minimum atomic E-state index is -0.804. The van der Waals surface area contributed by atoms with Crippen molar-refractivity contribution >= 4 is 5.91 Å². The summed E-state index contributed by atoms with van der Waals surface area (Å²) in [6.07, 6.45) is 2.68. The van der Waals surface area contributed by atoms with E-state index in [4.69, 9.17) is 4.74 Å². The van der Waals surface area contributed by atoms with Gasteiger partial charge in [0.1, 0.15) is 24.3 Å². The van der Waals surface area contributed by atoms with Gasteiger partial charge < -0.3 is 9.64 Å². The second-order valence-electron chi connectivity index (χ2n) is 6.52. The van der Waals surface area contributed by atoms with Crippen molar-refractivity contribution in [3.8, 4) is 0 Å². The van der Waals surface area contributed by atoms with E-state index in [1.807, 2.05) is 33.8 Å². The van der Waals surface area contributed by atoms with Gasteiger partial charge in [-0.2, -0.15) is 5.10 Å². The Morgan fingerprint density at radius 2 is 2.00 bits per heavy atom. The minimum Gasteiger partial charge on any atom is -0.367 e. The molecule has 8 heteroatoms. The predicted molar refractivity (Wildman–Crippen MR) is 86.1 cm³/mol. The van der Waals surface area contributed by atoms with Crippen LogP contribution in [0.1, 0.15) is 37.2 Å². The molecule has 1 aliphatic rings. The van der Waals surface area contributed by atoms with Crippen molar-refractivity contribution in [2.45, 2.75) is 39.3 Å². The number of carbonyl (C=O) groups excluding carboxylic acids is 1. The van der Waals surface area contributed by atoms with E-state index in [0.717, 1.165) is 11.4 Å². The molecule has 0 aromatic carbocycles. The van der Waals surface area contributed by atoms with Crippen LogP contribution >= 0.6 is 0 Å². The molecule has 2 aromatic heterocycles. The Balaban J connectivity index is 1.79. The van der Waals surface area contributed by atoms with Gasteiger partial charge in [0.2, 0.25) is 5.91 Å². The fourth-order valence-electron chi connectivity index (χ4n) is 2.87. The number of aromatic nitrogens is 5. The molecule has 128 valence electrons. The molecule has 1 atom stereocenters. The molecule has 1 fully saturated rings. The fraction of sp³-hybridized carbons (Fsp3) is 0.562. The lowest BCUT2D eigenvalue weighted by Gasteiger charge is -2.37. The van der Waals surface area contributed by atoms with Gasteiger partial charge in [-0.3, -0.25) is 4.79 Å². The van der Waals surface area contributed by atoms with Crippen LogP contribution in [0.25, 0.3) is 0 Å². The molecule has 1 saturated heterocycles. The SMILES string of the molecule is Cc1cc(C)nc(C2CN(C(=O)C(C)(C)n3cncn3)CCO2)n1. The van der Waals surface area contributed by atoms with E-state index in [1.54, 1.807) is 15.9 Å². The molecular formula is C16H22N6O2. The summed E-state index contributed by atoms with van der Waals surface area (Å²) in [7, 11) is 0. The Kier molecular flexibility index (Phi) is 4.31. The third kappa shape index (κ3) is 3.14. The van der Waals surface area contributed by atoms with Crippen LogP contribution in [0.15, 0.2) is 18.7 Å². The summed E-state index contributed by atoms with van der Waals surface area (Å²) in [5.74, 6) is 0.606. The Bertz CT molecular complexity index is 708. The van der Waals surface area contributed by atoms with Gasteiger partial charge in [0.15, 0.2) is 5.82 Å². The maximum Gasteiger partial charge on any atom is 0.250 e. The topological polar surface area (TPSA) is 86.0 Å². The third-order valence-corrected chi connectivity index (χ3v) is 4.16. The van der Waals surface area contributed by atoms with Gasteiger partial charge in [0, 0.05) is 17.9 Å². The van der Waals surface area contributed by atoms with Crippen molar-refractivity contribution < 1.29 is 9.53 Å². The highest BCUT2D eigenvalue weighted by Crippen LogP contribution is 2.24. The molecule has 0 saturated carbocycles. The first-order valence-electron chi connectivity index (χ1n) is 7.96. The third-order valence-electron chi connectivity index (χ3n) is 4.16. The van der Waals surface area contributed by atoms with Crippen LogP contribution in [0.5, 0.6) is 0 Å². The second kappa shape index (κ2) is 6.27. The van der Waals surface area contributed by atoms with Gasteiger partial charge in [-0.1, -0.05) is 0 Å². The molecule has 24 heavy (non-hydrogen) atoms. The monoisotopic (exact) mass is 330 g/mol. The summed E-state index contributed by atoms with van der Waals surface area (Å²) >= 11 is 0.